The van der Waals surface area contributed by atoms with Gasteiger partial charge in [0.2, 0.25) is 0 Å². The van der Waals surface area contributed by atoms with Gasteiger partial charge in [-0.1, -0.05) is 35.9 Å². The van der Waals surface area contributed by atoms with Gasteiger partial charge in [-0.3, -0.25) is 4.70 Å². The molecule has 1 aromatic rings. The molecular weight excluding hydrogens is 403 g/mol. The Morgan fingerprint density at radius 2 is 0.750 bits per heavy atom. The van der Waals surface area contributed by atoms with Crippen molar-refractivity contribution in [2.24, 2.45) is 0 Å². The molecule has 0 heterocycles. The summed E-state index contributed by atoms with van der Waals surface area (Å²) in [7, 11) is -18.0. The van der Waals surface area contributed by atoms with E-state index in [2.05, 4.69) is 19.1 Å². The summed E-state index contributed by atoms with van der Waals surface area (Å²) >= 11 is 0. The molecule has 0 fully saturated rings. The second kappa shape index (κ2) is 16.6. The van der Waals surface area contributed by atoms with Crippen LogP contribution in [0, 0.1) is 6.92 Å². The molecule has 24 heavy (non-hydrogen) atoms. The third-order valence-electron chi connectivity index (χ3n) is 0.940. The third kappa shape index (κ3) is 149. The number of benzene rings is 1. The summed E-state index contributed by atoms with van der Waals surface area (Å²) in [5.74, 6) is 0. The molecule has 1 aromatic carbocycles. The summed E-state index contributed by atoms with van der Waals surface area (Å²) in [4.78, 5) is 0. The topological polar surface area (TPSA) is 0 Å². The molecule has 0 saturated carbocycles. The Bertz CT molecular complexity index is 322. The van der Waals surface area contributed by atoms with Crippen molar-refractivity contribution in [3.8, 4) is 0 Å². The standard InChI is InChI=1S/C7H8.3BF4.FH.K.H/c1-7-5-3-2-4-6-7;3*2-1(3,4)5;;;/h2-6H,1H3;;;;1H;;/q;3*-1;;+1;-1. The maximum atomic E-state index is 9.75. The molecule has 0 radical (unpaired) electrons. The molecular formula is C7H10B3F13K-3. The zero-order chi connectivity index (χ0) is 18.6. The Morgan fingerprint density at radius 3 is 0.833 bits per heavy atom. The minimum atomic E-state index is -6.00. The fourth-order valence-electron chi connectivity index (χ4n) is 0.534. The van der Waals surface area contributed by atoms with Crippen molar-refractivity contribution in [3.05, 3.63) is 35.9 Å². The van der Waals surface area contributed by atoms with Gasteiger partial charge in [0, 0.05) is 0 Å². The van der Waals surface area contributed by atoms with Gasteiger partial charge in [-0.2, -0.15) is 0 Å². The van der Waals surface area contributed by atoms with Gasteiger partial charge < -0.3 is 53.2 Å². The van der Waals surface area contributed by atoms with E-state index in [-0.39, 0.29) is 57.5 Å². The largest absolute Gasteiger partial charge is 1.00 e. The van der Waals surface area contributed by atoms with Gasteiger partial charge >= 0.3 is 73.1 Å². The average molecular weight is 413 g/mol. The first-order chi connectivity index (χ1) is 9.39. The summed E-state index contributed by atoms with van der Waals surface area (Å²) in [6.45, 7) is 2.08. The van der Waals surface area contributed by atoms with E-state index in [1.807, 2.05) is 18.2 Å². The molecule has 1 rings (SSSR count). The van der Waals surface area contributed by atoms with Crippen LogP contribution in [0.5, 0.6) is 0 Å². The van der Waals surface area contributed by atoms with Crippen molar-refractivity contribution in [2.45, 2.75) is 6.92 Å². The van der Waals surface area contributed by atoms with Crippen LogP contribution < -0.4 is 51.4 Å². The molecule has 142 valence electrons. The molecule has 0 spiro atoms. The summed E-state index contributed by atoms with van der Waals surface area (Å²) in [6.07, 6.45) is 0. The number of hydrogen-bond acceptors (Lipinski definition) is 0. The quantitative estimate of drug-likeness (QED) is 0.454. The number of halogens is 13. The second-order valence-electron chi connectivity index (χ2n) is 3.14. The molecule has 0 N–H and O–H groups in total. The SMILES string of the molecule is Cc1ccccc1.F.F[B-](F)(F)F.F[B-](F)(F)F.F[B-](F)(F)F.[H-].[K+]. The maximum Gasteiger partial charge on any atom is 1.00 e. The second-order valence-corrected chi connectivity index (χ2v) is 3.14. The minimum Gasteiger partial charge on any atom is -1.00 e. The monoisotopic (exact) mass is 413 g/mol. The smallest absolute Gasteiger partial charge is 1.00 e. The van der Waals surface area contributed by atoms with Crippen LogP contribution >= 0.6 is 0 Å². The normalized spacial score (nSPS) is 10.0. The molecule has 0 unspecified atom stereocenters. The molecule has 0 aliphatic carbocycles. The first kappa shape index (κ1) is 35.3. The molecule has 0 aliphatic rings. The van der Waals surface area contributed by atoms with Crippen LogP contribution in [0.1, 0.15) is 6.99 Å². The van der Waals surface area contributed by atoms with Crippen LogP contribution in [0.15, 0.2) is 30.3 Å². The first-order valence-electron chi connectivity index (χ1n) is 5.03. The summed E-state index contributed by atoms with van der Waals surface area (Å²) in [5, 5.41) is 0. The Hall–Kier alpha value is 0.141. The molecule has 0 bridgehead atoms. The van der Waals surface area contributed by atoms with Crippen molar-refractivity contribution in [1.29, 1.82) is 0 Å². The van der Waals surface area contributed by atoms with E-state index < -0.39 is 21.8 Å². The van der Waals surface area contributed by atoms with Gasteiger partial charge in [-0.25, -0.2) is 0 Å². The van der Waals surface area contributed by atoms with Crippen LogP contribution in [0.4, 0.5) is 56.5 Å². The predicted octanol–water partition coefficient (Wildman–Crippen LogP) is 3.16. The molecule has 0 aromatic heterocycles. The van der Waals surface area contributed by atoms with E-state index in [9.17, 15) is 51.8 Å². The number of hydrogen-bond donors (Lipinski definition) is 0. The fraction of sp³-hybridized carbons (Fsp3) is 0.143. The zero-order valence-corrected chi connectivity index (χ0v) is 15.2. The first-order valence-corrected chi connectivity index (χ1v) is 5.03. The van der Waals surface area contributed by atoms with E-state index in [0.717, 1.165) is 0 Å². The van der Waals surface area contributed by atoms with Crippen LogP contribution in [-0.4, -0.2) is 21.8 Å². The molecule has 0 saturated heterocycles. The van der Waals surface area contributed by atoms with E-state index in [4.69, 9.17) is 0 Å². The van der Waals surface area contributed by atoms with Gasteiger partial charge in [0.1, 0.15) is 0 Å². The Kier molecular flexibility index (Phi) is 24.4. The third-order valence-corrected chi connectivity index (χ3v) is 0.940. The van der Waals surface area contributed by atoms with Crippen molar-refractivity contribution in [3.63, 3.8) is 0 Å². The molecule has 0 nitrogen and oxygen atoms in total. The van der Waals surface area contributed by atoms with Crippen LogP contribution in [-0.2, 0) is 0 Å². The van der Waals surface area contributed by atoms with E-state index in [1.54, 1.807) is 0 Å². The molecule has 17 heteroatoms. The van der Waals surface area contributed by atoms with E-state index >= 15 is 0 Å². The van der Waals surface area contributed by atoms with Gasteiger partial charge in [0.25, 0.3) is 0 Å². The van der Waals surface area contributed by atoms with Crippen LogP contribution in [0.25, 0.3) is 0 Å². The molecule has 0 aliphatic heterocycles. The van der Waals surface area contributed by atoms with E-state index in [0.29, 0.717) is 0 Å². The Balaban J connectivity index is -0.0000000470. The fourth-order valence-corrected chi connectivity index (χ4v) is 0.534. The van der Waals surface area contributed by atoms with Gasteiger partial charge in [-0.05, 0) is 6.92 Å². The summed E-state index contributed by atoms with van der Waals surface area (Å²) < 4.78 is 117. The number of rotatable bonds is 0. The maximum absolute atomic E-state index is 9.75. The zero-order valence-electron chi connectivity index (χ0n) is 13.1. The van der Waals surface area contributed by atoms with Crippen molar-refractivity contribution in [2.75, 3.05) is 0 Å². The average Bonchev–Trinajstić information content (AvgIpc) is 2.09. The van der Waals surface area contributed by atoms with E-state index in [1.165, 1.54) is 5.56 Å². The predicted molar refractivity (Wildman–Crippen MR) is 65.4 cm³/mol. The van der Waals surface area contributed by atoms with Gasteiger partial charge in [0.05, 0.1) is 0 Å². The molecule has 0 amide bonds. The number of aryl methyl sites for hydroxylation is 1. The summed E-state index contributed by atoms with van der Waals surface area (Å²) in [6, 6.07) is 10.3. The van der Waals surface area contributed by atoms with Gasteiger partial charge in [0.15, 0.2) is 0 Å². The minimum absolute atomic E-state index is 0. The Morgan fingerprint density at radius 1 is 0.583 bits per heavy atom. The van der Waals surface area contributed by atoms with Crippen LogP contribution in [0.3, 0.4) is 0 Å². The van der Waals surface area contributed by atoms with Crippen LogP contribution in [0.2, 0.25) is 0 Å². The summed E-state index contributed by atoms with van der Waals surface area (Å²) in [5.41, 5.74) is 1.32. The molecule has 0 atom stereocenters. The van der Waals surface area contributed by atoms with Crippen molar-refractivity contribution >= 4 is 21.8 Å². The van der Waals surface area contributed by atoms with Gasteiger partial charge in [-0.15, -0.1) is 0 Å². The Labute approximate surface area is 173 Å². The van der Waals surface area contributed by atoms with Crippen molar-refractivity contribution < 1.29 is 109 Å². The van der Waals surface area contributed by atoms with Crippen molar-refractivity contribution in [1.82, 2.24) is 0 Å².